The van der Waals surface area contributed by atoms with E-state index < -0.39 is 0 Å². The molecular weight excluding hydrogens is 493 g/mol. The molecule has 0 radical (unpaired) electrons. The molecule has 0 aliphatic carbocycles. The van der Waals surface area contributed by atoms with Gasteiger partial charge in [0, 0.05) is 65.3 Å². The topological polar surface area (TPSA) is 71.0 Å². The van der Waals surface area contributed by atoms with Crippen LogP contribution in [0.15, 0.2) is 23.3 Å². The molecule has 2 aliphatic rings. The number of halogens is 1. The summed E-state index contributed by atoms with van der Waals surface area (Å²) in [4.78, 5) is 11.3. The Balaban J connectivity index is 0.00000320. The van der Waals surface area contributed by atoms with Gasteiger partial charge in [0.25, 0.3) is 0 Å². The number of ether oxygens (including phenoxy) is 2. The lowest BCUT2D eigenvalue weighted by Crippen LogP contribution is -2.49. The molecule has 1 aromatic heterocycles. The van der Waals surface area contributed by atoms with Gasteiger partial charge >= 0.3 is 0 Å². The molecule has 0 spiro atoms. The lowest BCUT2D eigenvalue weighted by molar-refractivity contribution is 0.0203. The van der Waals surface area contributed by atoms with Crippen LogP contribution in [0.5, 0.6) is 0 Å². The Labute approximate surface area is 198 Å². The lowest BCUT2D eigenvalue weighted by Gasteiger charge is -2.33. The van der Waals surface area contributed by atoms with E-state index in [1.54, 1.807) is 0 Å². The van der Waals surface area contributed by atoms with Gasteiger partial charge in [-0.15, -0.1) is 24.0 Å². The van der Waals surface area contributed by atoms with E-state index in [0.29, 0.717) is 12.0 Å². The molecular formula is C22H38IN5O2. The summed E-state index contributed by atoms with van der Waals surface area (Å²) in [5.41, 5.74) is 1.20. The van der Waals surface area contributed by atoms with Crippen molar-refractivity contribution in [3.63, 3.8) is 0 Å². The Morgan fingerprint density at radius 3 is 2.67 bits per heavy atom. The van der Waals surface area contributed by atoms with Crippen molar-refractivity contribution in [3.05, 3.63) is 23.9 Å². The minimum absolute atomic E-state index is 0. The fourth-order valence-corrected chi connectivity index (χ4v) is 3.83. The van der Waals surface area contributed by atoms with Crippen LogP contribution in [0.25, 0.3) is 0 Å². The summed E-state index contributed by atoms with van der Waals surface area (Å²) in [6, 6.07) is 4.70. The molecule has 30 heavy (non-hydrogen) atoms. The molecule has 0 bridgehead atoms. The van der Waals surface area contributed by atoms with Gasteiger partial charge in [-0.2, -0.15) is 0 Å². The number of pyridine rings is 1. The van der Waals surface area contributed by atoms with E-state index in [4.69, 9.17) is 9.47 Å². The van der Waals surface area contributed by atoms with Crippen molar-refractivity contribution in [2.24, 2.45) is 10.9 Å². The predicted molar refractivity (Wildman–Crippen MR) is 133 cm³/mol. The van der Waals surface area contributed by atoms with Crippen LogP contribution in [0.2, 0.25) is 0 Å². The number of nitrogens with zero attached hydrogens (tertiary/aromatic N) is 3. The van der Waals surface area contributed by atoms with Gasteiger partial charge in [-0.05, 0) is 56.6 Å². The molecule has 2 fully saturated rings. The van der Waals surface area contributed by atoms with Gasteiger partial charge in [-0.1, -0.05) is 6.07 Å². The first-order valence-corrected chi connectivity index (χ1v) is 11.0. The van der Waals surface area contributed by atoms with E-state index in [1.165, 1.54) is 5.56 Å². The number of aliphatic imine (C=N–C) groups is 1. The molecule has 0 atom stereocenters. The van der Waals surface area contributed by atoms with Crippen molar-refractivity contribution in [1.82, 2.24) is 15.6 Å². The Hall–Kier alpha value is -1.13. The smallest absolute Gasteiger partial charge is 0.191 e. The molecule has 0 unspecified atom stereocenters. The third-order valence-corrected chi connectivity index (χ3v) is 5.73. The van der Waals surface area contributed by atoms with Crippen LogP contribution < -0.4 is 15.5 Å². The van der Waals surface area contributed by atoms with Gasteiger partial charge < -0.3 is 25.0 Å². The molecule has 1 aromatic rings. The molecule has 2 N–H and O–H groups in total. The summed E-state index contributed by atoms with van der Waals surface area (Å²) in [5.74, 6) is 2.64. The molecule has 2 saturated heterocycles. The van der Waals surface area contributed by atoms with Gasteiger partial charge in [-0.25, -0.2) is 4.98 Å². The highest BCUT2D eigenvalue weighted by atomic mass is 127. The fraction of sp³-hybridized carbons (Fsp3) is 0.727. The summed E-state index contributed by atoms with van der Waals surface area (Å²) < 4.78 is 11.2. The van der Waals surface area contributed by atoms with E-state index >= 15 is 0 Å². The first kappa shape index (κ1) is 25.1. The van der Waals surface area contributed by atoms with Crippen LogP contribution in [0.4, 0.5) is 5.82 Å². The van der Waals surface area contributed by atoms with Gasteiger partial charge in [0.1, 0.15) is 5.82 Å². The number of guanidine groups is 1. The zero-order chi connectivity index (χ0) is 20.3. The number of hydrogen-bond acceptors (Lipinski definition) is 5. The molecule has 0 amide bonds. The van der Waals surface area contributed by atoms with Crippen LogP contribution in [-0.4, -0.2) is 70.1 Å². The Kier molecular flexibility index (Phi) is 11.8. The molecule has 3 heterocycles. The second-order valence-electron chi connectivity index (χ2n) is 8.08. The zero-order valence-electron chi connectivity index (χ0n) is 18.4. The Bertz CT molecular complexity index is 614. The third kappa shape index (κ3) is 8.55. The number of aromatic nitrogens is 1. The average Bonchev–Trinajstić information content (AvgIpc) is 2.77. The minimum Gasteiger partial charge on any atom is -0.381 e. The average molecular weight is 531 g/mol. The maximum Gasteiger partial charge on any atom is 0.191 e. The number of rotatable bonds is 8. The van der Waals surface area contributed by atoms with Crippen molar-refractivity contribution in [3.8, 4) is 0 Å². The maximum atomic E-state index is 5.83. The summed E-state index contributed by atoms with van der Waals surface area (Å²) in [5, 5.41) is 6.98. The minimum atomic E-state index is 0. The van der Waals surface area contributed by atoms with Crippen molar-refractivity contribution >= 4 is 35.8 Å². The van der Waals surface area contributed by atoms with Crippen molar-refractivity contribution in [1.29, 1.82) is 0 Å². The molecule has 0 aromatic carbocycles. The molecule has 8 heteroatoms. The van der Waals surface area contributed by atoms with E-state index in [1.807, 2.05) is 13.2 Å². The molecule has 3 rings (SSSR count). The summed E-state index contributed by atoms with van der Waals surface area (Å²) in [6.45, 7) is 8.42. The van der Waals surface area contributed by atoms with Crippen LogP contribution in [0.1, 0.15) is 37.7 Å². The van der Waals surface area contributed by atoms with Crippen molar-refractivity contribution in [2.45, 2.75) is 45.1 Å². The quantitative estimate of drug-likeness (QED) is 0.233. The van der Waals surface area contributed by atoms with Crippen molar-refractivity contribution in [2.75, 3.05) is 58.0 Å². The third-order valence-electron chi connectivity index (χ3n) is 5.73. The molecule has 2 aliphatic heterocycles. The molecule has 170 valence electrons. The highest BCUT2D eigenvalue weighted by Crippen LogP contribution is 2.18. The van der Waals surface area contributed by atoms with E-state index in [9.17, 15) is 0 Å². The van der Waals surface area contributed by atoms with E-state index in [0.717, 1.165) is 89.9 Å². The number of anilines is 1. The van der Waals surface area contributed by atoms with E-state index in [-0.39, 0.29) is 24.0 Å². The first-order chi connectivity index (χ1) is 14.2. The SMILES string of the molecule is CN=C(NCCCOCC1CCOCC1)NC1CCN(c2ccc(C)cn2)CC1.I. The summed E-state index contributed by atoms with van der Waals surface area (Å²) in [6.07, 6.45) is 7.37. The zero-order valence-corrected chi connectivity index (χ0v) is 20.8. The normalized spacial score (nSPS) is 18.7. The number of hydrogen-bond donors (Lipinski definition) is 2. The highest BCUT2D eigenvalue weighted by Gasteiger charge is 2.20. The number of piperidine rings is 1. The molecule has 0 saturated carbocycles. The maximum absolute atomic E-state index is 5.83. The Morgan fingerprint density at radius 2 is 2.00 bits per heavy atom. The van der Waals surface area contributed by atoms with Crippen LogP contribution >= 0.6 is 24.0 Å². The van der Waals surface area contributed by atoms with Crippen LogP contribution in [0.3, 0.4) is 0 Å². The standard InChI is InChI=1S/C22H37N5O2.HI/c1-18-4-5-21(25-16-18)27-11-6-20(7-12-27)26-22(23-2)24-10-3-13-29-17-19-8-14-28-15-9-19;/h4-5,16,19-20H,3,6-15,17H2,1-2H3,(H2,23,24,26);1H. The van der Waals surface area contributed by atoms with Gasteiger partial charge in [-0.3, -0.25) is 4.99 Å². The molecule has 7 nitrogen and oxygen atoms in total. The first-order valence-electron chi connectivity index (χ1n) is 11.0. The van der Waals surface area contributed by atoms with Gasteiger partial charge in [0.2, 0.25) is 0 Å². The summed E-state index contributed by atoms with van der Waals surface area (Å²) >= 11 is 0. The highest BCUT2D eigenvalue weighted by molar-refractivity contribution is 14.0. The number of aryl methyl sites for hydroxylation is 1. The van der Waals surface area contributed by atoms with Crippen LogP contribution in [-0.2, 0) is 9.47 Å². The van der Waals surface area contributed by atoms with Gasteiger partial charge in [0.05, 0.1) is 0 Å². The predicted octanol–water partition coefficient (Wildman–Crippen LogP) is 2.98. The van der Waals surface area contributed by atoms with Gasteiger partial charge in [0.15, 0.2) is 5.96 Å². The second-order valence-corrected chi connectivity index (χ2v) is 8.08. The number of nitrogens with one attached hydrogen (secondary N) is 2. The Morgan fingerprint density at radius 1 is 1.23 bits per heavy atom. The monoisotopic (exact) mass is 531 g/mol. The second kappa shape index (κ2) is 14.0. The largest absolute Gasteiger partial charge is 0.381 e. The van der Waals surface area contributed by atoms with E-state index in [2.05, 4.69) is 44.6 Å². The van der Waals surface area contributed by atoms with Crippen LogP contribution in [0, 0.1) is 12.8 Å². The fourth-order valence-electron chi connectivity index (χ4n) is 3.83. The summed E-state index contributed by atoms with van der Waals surface area (Å²) in [7, 11) is 1.84. The van der Waals surface area contributed by atoms with Crippen molar-refractivity contribution < 1.29 is 9.47 Å². The lowest BCUT2D eigenvalue weighted by atomic mass is 10.0.